The maximum Gasteiger partial charge on any atom is 0.338 e. The van der Waals surface area contributed by atoms with E-state index in [9.17, 15) is 4.79 Å². The molecule has 0 fully saturated rings. The quantitative estimate of drug-likeness (QED) is 0.431. The van der Waals surface area contributed by atoms with Gasteiger partial charge in [-0.05, 0) is 68.5 Å². The number of carbonyl (C=O) groups excluding carboxylic acids is 1. The third kappa shape index (κ3) is 5.62. The lowest BCUT2D eigenvalue weighted by Gasteiger charge is -2.28. The molecular weight excluding hydrogens is 360 g/mol. The van der Waals surface area contributed by atoms with Crippen LogP contribution in [0, 0.1) is 0 Å². The SMILES string of the molecule is CCC(C)Oc1ccc(C(C)(C)c2ccc(C(=O)OC(C)(CC)CC)cc2)cc1. The van der Waals surface area contributed by atoms with Crippen LogP contribution in [0.15, 0.2) is 48.5 Å². The van der Waals surface area contributed by atoms with Crippen molar-refractivity contribution in [2.24, 2.45) is 0 Å². The third-order valence-corrected chi connectivity index (χ3v) is 6.17. The lowest BCUT2D eigenvalue weighted by Crippen LogP contribution is -2.30. The van der Waals surface area contributed by atoms with Gasteiger partial charge >= 0.3 is 5.97 Å². The minimum Gasteiger partial charge on any atom is -0.491 e. The first-order valence-corrected chi connectivity index (χ1v) is 10.8. The topological polar surface area (TPSA) is 35.5 Å². The van der Waals surface area contributed by atoms with Crippen molar-refractivity contribution >= 4 is 5.97 Å². The molecule has 158 valence electrons. The van der Waals surface area contributed by atoms with Crippen molar-refractivity contribution in [1.29, 1.82) is 0 Å². The van der Waals surface area contributed by atoms with Gasteiger partial charge in [0.25, 0.3) is 0 Å². The summed E-state index contributed by atoms with van der Waals surface area (Å²) >= 11 is 0. The summed E-state index contributed by atoms with van der Waals surface area (Å²) in [5.41, 5.74) is 2.36. The van der Waals surface area contributed by atoms with Crippen LogP contribution in [0.3, 0.4) is 0 Å². The van der Waals surface area contributed by atoms with E-state index in [1.807, 2.05) is 57.2 Å². The highest BCUT2D eigenvalue weighted by atomic mass is 16.6. The van der Waals surface area contributed by atoms with E-state index in [2.05, 4.69) is 39.8 Å². The standard InChI is InChI=1S/C26H36O3/c1-8-19(4)28-23-17-15-22(16-18-23)25(5,6)21-13-11-20(12-14-21)24(27)29-26(7,9-2)10-3/h11-19H,8-10H2,1-7H3. The van der Waals surface area contributed by atoms with Gasteiger partial charge in [-0.15, -0.1) is 0 Å². The number of hydrogen-bond acceptors (Lipinski definition) is 3. The summed E-state index contributed by atoms with van der Waals surface area (Å²) in [5.74, 6) is 0.638. The van der Waals surface area contributed by atoms with Gasteiger partial charge in [0, 0.05) is 5.41 Å². The number of carbonyl (C=O) groups is 1. The average Bonchev–Trinajstić information content (AvgIpc) is 2.74. The lowest BCUT2D eigenvalue weighted by molar-refractivity contribution is -0.0131. The Hall–Kier alpha value is -2.29. The van der Waals surface area contributed by atoms with Gasteiger partial charge in [0.1, 0.15) is 11.4 Å². The number of ether oxygens (including phenoxy) is 2. The molecule has 0 aliphatic heterocycles. The molecule has 0 bridgehead atoms. The Morgan fingerprint density at radius 2 is 1.34 bits per heavy atom. The van der Waals surface area contributed by atoms with E-state index in [1.165, 1.54) is 5.56 Å². The highest BCUT2D eigenvalue weighted by Gasteiger charge is 2.27. The molecule has 2 aromatic rings. The molecule has 0 heterocycles. The van der Waals surface area contributed by atoms with Gasteiger partial charge in [-0.25, -0.2) is 4.79 Å². The Labute approximate surface area is 176 Å². The summed E-state index contributed by atoms with van der Waals surface area (Å²) in [6.07, 6.45) is 2.80. The predicted octanol–water partition coefficient (Wildman–Crippen LogP) is 6.93. The summed E-state index contributed by atoms with van der Waals surface area (Å²) < 4.78 is 11.6. The minimum absolute atomic E-state index is 0.182. The minimum atomic E-state index is -0.409. The van der Waals surface area contributed by atoms with E-state index in [0.29, 0.717) is 5.56 Å². The summed E-state index contributed by atoms with van der Waals surface area (Å²) in [5, 5.41) is 0. The predicted molar refractivity (Wildman–Crippen MR) is 120 cm³/mol. The fourth-order valence-corrected chi connectivity index (χ4v) is 3.13. The average molecular weight is 397 g/mol. The summed E-state index contributed by atoms with van der Waals surface area (Å²) in [6.45, 7) is 14.6. The number of esters is 1. The monoisotopic (exact) mass is 396 g/mol. The van der Waals surface area contributed by atoms with Crippen molar-refractivity contribution in [2.45, 2.75) is 84.8 Å². The fraction of sp³-hybridized carbons (Fsp3) is 0.500. The first-order valence-electron chi connectivity index (χ1n) is 10.8. The Morgan fingerprint density at radius 3 is 1.79 bits per heavy atom. The molecule has 0 saturated heterocycles. The molecule has 0 radical (unpaired) electrons. The summed E-state index contributed by atoms with van der Waals surface area (Å²) in [6, 6.07) is 16.1. The zero-order valence-corrected chi connectivity index (χ0v) is 19.0. The van der Waals surface area contributed by atoms with Gasteiger partial charge in [0.05, 0.1) is 11.7 Å². The molecule has 2 rings (SSSR count). The molecule has 1 atom stereocenters. The van der Waals surface area contributed by atoms with E-state index in [4.69, 9.17) is 9.47 Å². The van der Waals surface area contributed by atoms with Crippen LogP contribution in [0.2, 0.25) is 0 Å². The normalized spacial score (nSPS) is 13.1. The molecule has 0 aliphatic carbocycles. The van der Waals surface area contributed by atoms with Crippen molar-refractivity contribution in [2.75, 3.05) is 0 Å². The lowest BCUT2D eigenvalue weighted by atomic mass is 9.78. The van der Waals surface area contributed by atoms with Crippen LogP contribution >= 0.6 is 0 Å². The van der Waals surface area contributed by atoms with E-state index >= 15 is 0 Å². The van der Waals surface area contributed by atoms with Crippen LogP contribution in [-0.4, -0.2) is 17.7 Å². The summed E-state index contributed by atoms with van der Waals surface area (Å²) in [4.78, 5) is 12.5. The highest BCUT2D eigenvalue weighted by molar-refractivity contribution is 5.89. The van der Waals surface area contributed by atoms with E-state index in [0.717, 1.165) is 30.6 Å². The molecule has 0 amide bonds. The van der Waals surface area contributed by atoms with Gasteiger partial charge in [-0.2, -0.15) is 0 Å². The first-order chi connectivity index (χ1) is 13.6. The maximum atomic E-state index is 12.5. The van der Waals surface area contributed by atoms with Crippen LogP contribution in [0.4, 0.5) is 0 Å². The molecule has 0 N–H and O–H groups in total. The van der Waals surface area contributed by atoms with Crippen molar-refractivity contribution in [1.82, 2.24) is 0 Å². The fourth-order valence-electron chi connectivity index (χ4n) is 3.13. The summed E-state index contributed by atoms with van der Waals surface area (Å²) in [7, 11) is 0. The van der Waals surface area contributed by atoms with Crippen LogP contribution < -0.4 is 4.74 Å². The number of benzene rings is 2. The largest absolute Gasteiger partial charge is 0.491 e. The van der Waals surface area contributed by atoms with E-state index < -0.39 is 5.60 Å². The molecule has 3 nitrogen and oxygen atoms in total. The molecule has 0 spiro atoms. The Morgan fingerprint density at radius 1 is 0.862 bits per heavy atom. The molecule has 29 heavy (non-hydrogen) atoms. The van der Waals surface area contributed by atoms with Crippen molar-refractivity contribution in [3.05, 3.63) is 65.2 Å². The zero-order valence-electron chi connectivity index (χ0n) is 19.0. The second kappa shape index (κ2) is 9.47. The van der Waals surface area contributed by atoms with E-state index in [-0.39, 0.29) is 17.5 Å². The van der Waals surface area contributed by atoms with Crippen LogP contribution in [0.1, 0.15) is 89.2 Å². The van der Waals surface area contributed by atoms with Gasteiger partial charge < -0.3 is 9.47 Å². The molecule has 1 unspecified atom stereocenters. The van der Waals surface area contributed by atoms with Crippen molar-refractivity contribution < 1.29 is 14.3 Å². The molecule has 2 aromatic carbocycles. The first kappa shape index (κ1) is 23.0. The molecule has 0 aliphatic rings. The number of rotatable bonds is 9. The van der Waals surface area contributed by atoms with Crippen LogP contribution in [-0.2, 0) is 10.2 Å². The third-order valence-electron chi connectivity index (χ3n) is 6.17. The van der Waals surface area contributed by atoms with Crippen LogP contribution in [0.5, 0.6) is 5.75 Å². The maximum absolute atomic E-state index is 12.5. The highest BCUT2D eigenvalue weighted by Crippen LogP contribution is 2.33. The Kier molecular flexibility index (Phi) is 7.51. The molecule has 0 saturated carbocycles. The Balaban J connectivity index is 2.16. The van der Waals surface area contributed by atoms with Gasteiger partial charge in [0.2, 0.25) is 0 Å². The smallest absolute Gasteiger partial charge is 0.338 e. The second-order valence-electron chi connectivity index (χ2n) is 8.61. The molecular formula is C26H36O3. The molecule has 0 aromatic heterocycles. The molecule has 3 heteroatoms. The number of hydrogen-bond donors (Lipinski definition) is 0. The second-order valence-corrected chi connectivity index (χ2v) is 8.61. The van der Waals surface area contributed by atoms with Gasteiger partial charge in [-0.3, -0.25) is 0 Å². The Bertz CT molecular complexity index is 784. The zero-order chi connectivity index (χ0) is 21.7. The van der Waals surface area contributed by atoms with Crippen molar-refractivity contribution in [3.63, 3.8) is 0 Å². The van der Waals surface area contributed by atoms with Crippen molar-refractivity contribution in [3.8, 4) is 5.75 Å². The van der Waals surface area contributed by atoms with Crippen LogP contribution in [0.25, 0.3) is 0 Å². The van der Waals surface area contributed by atoms with Gasteiger partial charge in [0.15, 0.2) is 0 Å². The van der Waals surface area contributed by atoms with Gasteiger partial charge in [-0.1, -0.05) is 58.9 Å². The van der Waals surface area contributed by atoms with E-state index in [1.54, 1.807) is 0 Å².